The van der Waals surface area contributed by atoms with E-state index in [0.29, 0.717) is 24.7 Å². The number of thioether (sulfide) groups is 2. The predicted molar refractivity (Wildman–Crippen MR) is 176 cm³/mol. The minimum Gasteiger partial charge on any atom is -0.464 e. The number of rotatable bonds is 20. The van der Waals surface area contributed by atoms with Gasteiger partial charge in [0, 0.05) is 38.7 Å². The summed E-state index contributed by atoms with van der Waals surface area (Å²) >= 11 is 3.43. The number of halogens is 1. The summed E-state index contributed by atoms with van der Waals surface area (Å²) in [5.74, 6) is 7.89. The van der Waals surface area contributed by atoms with Crippen LogP contribution < -0.4 is 21.3 Å². The normalized spacial score (nSPS) is 11.4. The van der Waals surface area contributed by atoms with Crippen LogP contribution in [-0.4, -0.2) is 86.5 Å². The molecule has 0 aromatic carbocycles. The SMILES string of the molecule is CN/C(=C/[N+](=O)[O-])NCCSCc1ccc(CN(C)C)o1.CN/C(=C/[N+](=O)[O-])NCCSCc1ccc(CN(C)C)o1.Cl. The molecule has 0 aliphatic heterocycles. The maximum Gasteiger partial charge on any atom is 0.274 e. The third kappa shape index (κ3) is 20.5. The minimum absolute atomic E-state index is 0. The zero-order valence-corrected chi connectivity index (χ0v) is 28.0. The van der Waals surface area contributed by atoms with E-state index in [2.05, 4.69) is 31.1 Å². The van der Waals surface area contributed by atoms with Crippen LogP contribution in [0.4, 0.5) is 0 Å². The summed E-state index contributed by atoms with van der Waals surface area (Å²) in [5.41, 5.74) is 0. The van der Waals surface area contributed by atoms with Gasteiger partial charge < -0.3 is 39.9 Å². The molecular weight excluding hydrogens is 620 g/mol. The smallest absolute Gasteiger partial charge is 0.274 e. The van der Waals surface area contributed by atoms with Crippen LogP contribution in [0.25, 0.3) is 0 Å². The minimum atomic E-state index is -0.485. The maximum atomic E-state index is 10.3. The zero-order chi connectivity index (χ0) is 31.3. The summed E-state index contributed by atoms with van der Waals surface area (Å²) in [5, 5.41) is 32.1. The molecule has 244 valence electrons. The van der Waals surface area contributed by atoms with E-state index in [1.54, 1.807) is 37.6 Å². The molecule has 4 N–H and O–H groups in total. The van der Waals surface area contributed by atoms with E-state index in [4.69, 9.17) is 8.83 Å². The third-order valence-corrected chi connectivity index (χ3v) is 6.96. The van der Waals surface area contributed by atoms with E-state index >= 15 is 0 Å². The van der Waals surface area contributed by atoms with Gasteiger partial charge in [-0.15, -0.1) is 12.4 Å². The summed E-state index contributed by atoms with van der Waals surface area (Å²) < 4.78 is 11.4. The Labute approximate surface area is 268 Å². The molecule has 2 aromatic rings. The molecule has 0 amide bonds. The quantitative estimate of drug-likeness (QED) is 0.0924. The third-order valence-electron chi connectivity index (χ3n) is 5.00. The van der Waals surface area contributed by atoms with Crippen LogP contribution in [0.15, 0.2) is 57.1 Å². The van der Waals surface area contributed by atoms with Gasteiger partial charge in [-0.25, -0.2) is 0 Å². The average Bonchev–Trinajstić information content (AvgIpc) is 3.55. The summed E-state index contributed by atoms with van der Waals surface area (Å²) in [6.45, 7) is 2.89. The number of hydrogen-bond acceptors (Lipinski definition) is 14. The molecule has 43 heavy (non-hydrogen) atoms. The molecule has 0 atom stereocenters. The van der Waals surface area contributed by atoms with Crippen molar-refractivity contribution < 1.29 is 18.7 Å². The molecule has 2 rings (SSSR count). The molecular formula is C26H45ClN8O6S2. The number of hydrogen-bond donors (Lipinski definition) is 4. The molecule has 14 nitrogen and oxygen atoms in total. The second-order valence-corrected chi connectivity index (χ2v) is 11.5. The first-order valence-electron chi connectivity index (χ1n) is 13.2. The van der Waals surface area contributed by atoms with Crippen LogP contribution in [0, 0.1) is 20.2 Å². The topological polar surface area (TPSA) is 167 Å². The molecule has 0 saturated heterocycles. The predicted octanol–water partition coefficient (Wildman–Crippen LogP) is 3.34. The van der Waals surface area contributed by atoms with Crippen LogP contribution in [0.5, 0.6) is 0 Å². The lowest BCUT2D eigenvalue weighted by molar-refractivity contribution is -0.404. The van der Waals surface area contributed by atoms with E-state index in [0.717, 1.165) is 71.5 Å². The van der Waals surface area contributed by atoms with Gasteiger partial charge in [-0.3, -0.25) is 20.2 Å². The number of furan rings is 2. The van der Waals surface area contributed by atoms with Gasteiger partial charge in [0.05, 0.1) is 34.4 Å². The molecule has 0 bridgehead atoms. The summed E-state index contributed by atoms with van der Waals surface area (Å²) in [6.07, 6.45) is 1.84. The number of nitrogens with zero attached hydrogens (tertiary/aromatic N) is 4. The van der Waals surface area contributed by atoms with Gasteiger partial charge in [-0.2, -0.15) is 23.5 Å². The second kappa shape index (κ2) is 23.4. The molecule has 0 radical (unpaired) electrons. The fourth-order valence-corrected chi connectivity index (χ4v) is 4.76. The lowest BCUT2D eigenvalue weighted by atomic mass is 10.4. The molecule has 2 heterocycles. The molecule has 17 heteroatoms. The summed E-state index contributed by atoms with van der Waals surface area (Å²) in [7, 11) is 11.3. The Kier molecular flexibility index (Phi) is 21.8. The van der Waals surface area contributed by atoms with Gasteiger partial charge >= 0.3 is 0 Å². The van der Waals surface area contributed by atoms with Crippen molar-refractivity contribution in [2.75, 3.05) is 66.9 Å². The second-order valence-electron chi connectivity index (χ2n) is 9.33. The highest BCUT2D eigenvalue weighted by Crippen LogP contribution is 2.17. The molecule has 0 fully saturated rings. The van der Waals surface area contributed by atoms with Crippen molar-refractivity contribution in [1.82, 2.24) is 31.1 Å². The highest BCUT2D eigenvalue weighted by molar-refractivity contribution is 7.98. The Bertz CT molecular complexity index is 1040. The number of nitrogens with one attached hydrogen (secondary N) is 4. The van der Waals surface area contributed by atoms with Gasteiger partial charge in [0.25, 0.3) is 12.4 Å². The standard InChI is InChI=1S/2C13H22N4O3S.ClH/c2*1-14-13(9-17(18)19)15-6-7-21-10-12-5-4-11(20-12)8-16(2)3;/h2*4-5,9,14-15H,6-8,10H2,1-3H3;1H/b2*13-9-;. The summed E-state index contributed by atoms with van der Waals surface area (Å²) in [4.78, 5) is 23.8. The fourth-order valence-electron chi connectivity index (χ4n) is 3.26. The van der Waals surface area contributed by atoms with Gasteiger partial charge in [-0.1, -0.05) is 0 Å². The fraction of sp³-hybridized carbons (Fsp3) is 0.538. The van der Waals surface area contributed by atoms with Gasteiger partial charge in [0.1, 0.15) is 23.0 Å². The Morgan fingerprint density at radius 3 is 1.40 bits per heavy atom. The molecule has 2 aromatic heterocycles. The Morgan fingerprint density at radius 2 is 1.09 bits per heavy atom. The van der Waals surface area contributed by atoms with E-state index in [-0.39, 0.29) is 12.4 Å². The molecule has 0 saturated carbocycles. The van der Waals surface area contributed by atoms with Crippen molar-refractivity contribution in [3.8, 4) is 0 Å². The van der Waals surface area contributed by atoms with Crippen LogP contribution >= 0.6 is 35.9 Å². The van der Waals surface area contributed by atoms with Crippen molar-refractivity contribution in [3.63, 3.8) is 0 Å². The van der Waals surface area contributed by atoms with Crippen LogP contribution in [0.2, 0.25) is 0 Å². The highest BCUT2D eigenvalue weighted by atomic mass is 35.5. The molecule has 0 spiro atoms. The van der Waals surface area contributed by atoms with Crippen LogP contribution in [0.3, 0.4) is 0 Å². The first-order chi connectivity index (χ1) is 20.0. The van der Waals surface area contributed by atoms with E-state index in [1.165, 1.54) is 0 Å². The van der Waals surface area contributed by atoms with Crippen molar-refractivity contribution in [1.29, 1.82) is 0 Å². The average molecular weight is 665 g/mol. The van der Waals surface area contributed by atoms with Crippen molar-refractivity contribution in [2.24, 2.45) is 0 Å². The maximum absolute atomic E-state index is 10.3. The van der Waals surface area contributed by atoms with Gasteiger partial charge in [-0.05, 0) is 52.5 Å². The molecule has 0 aliphatic rings. The van der Waals surface area contributed by atoms with Crippen molar-refractivity contribution >= 4 is 35.9 Å². The lowest BCUT2D eigenvalue weighted by Crippen LogP contribution is -2.26. The monoisotopic (exact) mass is 664 g/mol. The van der Waals surface area contributed by atoms with Gasteiger partial charge in [0.2, 0.25) is 0 Å². The first kappa shape index (κ1) is 40.0. The van der Waals surface area contributed by atoms with Crippen molar-refractivity contribution in [3.05, 3.63) is 91.6 Å². The Balaban J connectivity index is 0.000000802. The van der Waals surface area contributed by atoms with E-state index < -0.39 is 9.85 Å². The molecule has 0 unspecified atom stereocenters. The largest absolute Gasteiger partial charge is 0.464 e. The molecule has 0 aliphatic carbocycles. The van der Waals surface area contributed by atoms with Crippen molar-refractivity contribution in [2.45, 2.75) is 24.6 Å². The van der Waals surface area contributed by atoms with E-state index in [9.17, 15) is 20.2 Å². The highest BCUT2D eigenvalue weighted by Gasteiger charge is 2.05. The van der Waals surface area contributed by atoms with Crippen LogP contribution in [0.1, 0.15) is 23.0 Å². The Hall–Kier alpha value is -3.05. The first-order valence-corrected chi connectivity index (χ1v) is 15.5. The number of nitro groups is 2. The lowest BCUT2D eigenvalue weighted by Gasteiger charge is -2.07. The summed E-state index contributed by atoms with van der Waals surface area (Å²) in [6, 6.07) is 7.97. The Morgan fingerprint density at radius 1 is 0.744 bits per heavy atom. The van der Waals surface area contributed by atoms with E-state index in [1.807, 2.05) is 52.5 Å². The zero-order valence-electron chi connectivity index (χ0n) is 25.6. The van der Waals surface area contributed by atoms with Gasteiger partial charge in [0.15, 0.2) is 11.6 Å². The van der Waals surface area contributed by atoms with Crippen LogP contribution in [-0.2, 0) is 24.6 Å².